The highest BCUT2D eigenvalue weighted by atomic mass is 16.5. The molecule has 0 bridgehead atoms. The number of carbonyl (C=O) groups excluding carboxylic acids is 3. The Morgan fingerprint density at radius 2 is 2.00 bits per heavy atom. The highest BCUT2D eigenvalue weighted by Gasteiger charge is 2.38. The second-order valence-electron chi connectivity index (χ2n) is 7.71. The SMILES string of the molecule is C[C@@H](OC(=O)[C@H]1CC(=O)N(Cc2ccco2)C1)C(=O)N1[C@@H](C)CCC[C@@H]1C. The van der Waals surface area contributed by atoms with E-state index in [1.54, 1.807) is 30.2 Å². The summed E-state index contributed by atoms with van der Waals surface area (Å²) in [7, 11) is 0. The van der Waals surface area contributed by atoms with E-state index in [1.807, 2.05) is 18.7 Å². The molecule has 0 aliphatic carbocycles. The van der Waals surface area contributed by atoms with Crippen molar-refractivity contribution >= 4 is 17.8 Å². The molecule has 2 saturated heterocycles. The molecule has 1 aromatic heterocycles. The standard InChI is InChI=1S/C20H28N2O5/c1-13-6-4-7-14(2)22(13)19(24)15(3)27-20(25)16-10-18(23)21(11-16)12-17-8-5-9-26-17/h5,8-9,13-16H,4,6-7,10-12H2,1-3H3/t13-,14-,15+,16-/m0/s1. The molecule has 0 spiro atoms. The molecule has 2 amide bonds. The van der Waals surface area contributed by atoms with Gasteiger partial charge in [0.1, 0.15) is 5.76 Å². The molecule has 3 heterocycles. The van der Waals surface area contributed by atoms with E-state index in [9.17, 15) is 14.4 Å². The van der Waals surface area contributed by atoms with Gasteiger partial charge in [-0.3, -0.25) is 14.4 Å². The van der Waals surface area contributed by atoms with Crippen LogP contribution in [-0.2, 0) is 25.7 Å². The van der Waals surface area contributed by atoms with E-state index in [0.29, 0.717) is 12.3 Å². The molecule has 1 aromatic rings. The lowest BCUT2D eigenvalue weighted by Crippen LogP contribution is -2.51. The summed E-state index contributed by atoms with van der Waals surface area (Å²) in [5.41, 5.74) is 0. The number of likely N-dealkylation sites (tertiary alicyclic amines) is 2. The number of furan rings is 1. The Labute approximate surface area is 159 Å². The zero-order valence-electron chi connectivity index (χ0n) is 16.2. The number of hydrogen-bond acceptors (Lipinski definition) is 5. The van der Waals surface area contributed by atoms with Crippen LogP contribution in [0.4, 0.5) is 0 Å². The van der Waals surface area contributed by atoms with Crippen molar-refractivity contribution in [3.05, 3.63) is 24.2 Å². The van der Waals surface area contributed by atoms with Crippen LogP contribution in [0.15, 0.2) is 22.8 Å². The summed E-state index contributed by atoms with van der Waals surface area (Å²) in [6, 6.07) is 3.86. The van der Waals surface area contributed by atoms with E-state index in [2.05, 4.69) is 0 Å². The highest BCUT2D eigenvalue weighted by Crippen LogP contribution is 2.25. The van der Waals surface area contributed by atoms with Crippen molar-refractivity contribution in [2.24, 2.45) is 5.92 Å². The Bertz CT molecular complexity index is 677. The van der Waals surface area contributed by atoms with Gasteiger partial charge >= 0.3 is 5.97 Å². The summed E-state index contributed by atoms with van der Waals surface area (Å²) >= 11 is 0. The van der Waals surface area contributed by atoms with Crippen LogP contribution in [0.3, 0.4) is 0 Å². The first-order valence-electron chi connectivity index (χ1n) is 9.69. The van der Waals surface area contributed by atoms with Crippen LogP contribution in [0.5, 0.6) is 0 Å². The summed E-state index contributed by atoms with van der Waals surface area (Å²) in [5.74, 6) is -0.609. The second-order valence-corrected chi connectivity index (χ2v) is 7.71. The molecule has 2 fully saturated rings. The Morgan fingerprint density at radius 3 is 2.63 bits per heavy atom. The normalized spacial score (nSPS) is 26.9. The molecule has 0 unspecified atom stereocenters. The monoisotopic (exact) mass is 376 g/mol. The van der Waals surface area contributed by atoms with Crippen molar-refractivity contribution in [1.29, 1.82) is 0 Å². The van der Waals surface area contributed by atoms with Crippen molar-refractivity contribution in [2.45, 2.75) is 71.2 Å². The van der Waals surface area contributed by atoms with Gasteiger partial charge in [0, 0.05) is 25.0 Å². The van der Waals surface area contributed by atoms with Crippen molar-refractivity contribution < 1.29 is 23.5 Å². The fourth-order valence-electron chi connectivity index (χ4n) is 4.06. The number of amides is 2. The van der Waals surface area contributed by atoms with Crippen LogP contribution >= 0.6 is 0 Å². The van der Waals surface area contributed by atoms with Gasteiger partial charge in [-0.15, -0.1) is 0 Å². The first kappa shape index (κ1) is 19.5. The molecule has 0 aromatic carbocycles. The Kier molecular flexibility index (Phi) is 5.87. The third kappa shape index (κ3) is 4.34. The van der Waals surface area contributed by atoms with Crippen LogP contribution in [0.1, 0.15) is 52.2 Å². The molecule has 4 atom stereocenters. The molecule has 0 radical (unpaired) electrons. The largest absolute Gasteiger partial charge is 0.467 e. The van der Waals surface area contributed by atoms with Gasteiger partial charge in [-0.25, -0.2) is 0 Å². The quantitative estimate of drug-likeness (QED) is 0.737. The van der Waals surface area contributed by atoms with Gasteiger partial charge < -0.3 is 19.0 Å². The van der Waals surface area contributed by atoms with Crippen molar-refractivity contribution in [2.75, 3.05) is 6.54 Å². The summed E-state index contributed by atoms with van der Waals surface area (Å²) in [6.45, 7) is 6.31. The molecule has 7 heteroatoms. The van der Waals surface area contributed by atoms with Crippen molar-refractivity contribution in [3.63, 3.8) is 0 Å². The van der Waals surface area contributed by atoms with Gasteiger partial charge in [-0.2, -0.15) is 0 Å². The minimum absolute atomic E-state index is 0.106. The minimum atomic E-state index is -0.838. The van der Waals surface area contributed by atoms with Crippen LogP contribution in [0.25, 0.3) is 0 Å². The van der Waals surface area contributed by atoms with Gasteiger partial charge in [0.2, 0.25) is 5.91 Å². The van der Waals surface area contributed by atoms with Crippen molar-refractivity contribution in [3.8, 4) is 0 Å². The molecule has 7 nitrogen and oxygen atoms in total. The Morgan fingerprint density at radius 1 is 1.30 bits per heavy atom. The first-order valence-corrected chi connectivity index (χ1v) is 9.69. The van der Waals surface area contributed by atoms with E-state index < -0.39 is 18.0 Å². The predicted octanol–water partition coefficient (Wildman–Crippen LogP) is 2.35. The van der Waals surface area contributed by atoms with Crippen LogP contribution in [-0.4, -0.2) is 52.3 Å². The average Bonchev–Trinajstić information content (AvgIpc) is 3.25. The zero-order chi connectivity index (χ0) is 19.6. The number of hydrogen-bond donors (Lipinski definition) is 0. The van der Waals surface area contributed by atoms with E-state index in [-0.39, 0.29) is 36.9 Å². The van der Waals surface area contributed by atoms with E-state index in [4.69, 9.17) is 9.15 Å². The molecule has 27 heavy (non-hydrogen) atoms. The second kappa shape index (κ2) is 8.15. The fraction of sp³-hybridized carbons (Fsp3) is 0.650. The molecule has 0 saturated carbocycles. The summed E-state index contributed by atoms with van der Waals surface area (Å²) in [4.78, 5) is 40.9. The van der Waals surface area contributed by atoms with Gasteiger partial charge in [-0.05, 0) is 52.2 Å². The first-order chi connectivity index (χ1) is 12.9. The third-order valence-corrected chi connectivity index (χ3v) is 5.56. The number of piperidine rings is 1. The van der Waals surface area contributed by atoms with Crippen LogP contribution in [0.2, 0.25) is 0 Å². The number of ether oxygens (including phenoxy) is 1. The molecule has 2 aliphatic heterocycles. The number of carbonyl (C=O) groups is 3. The lowest BCUT2D eigenvalue weighted by molar-refractivity contribution is -0.165. The average molecular weight is 376 g/mol. The van der Waals surface area contributed by atoms with Crippen LogP contribution in [0, 0.1) is 5.92 Å². The van der Waals surface area contributed by atoms with E-state index in [0.717, 1.165) is 19.3 Å². The number of nitrogens with zero attached hydrogens (tertiary/aromatic N) is 2. The molecule has 3 rings (SSSR count). The minimum Gasteiger partial charge on any atom is -0.467 e. The summed E-state index contributed by atoms with van der Waals surface area (Å²) < 4.78 is 10.7. The zero-order valence-corrected chi connectivity index (χ0v) is 16.2. The Hall–Kier alpha value is -2.31. The van der Waals surface area contributed by atoms with Crippen LogP contribution < -0.4 is 0 Å². The smallest absolute Gasteiger partial charge is 0.312 e. The number of esters is 1. The van der Waals surface area contributed by atoms with Gasteiger partial charge in [0.05, 0.1) is 18.7 Å². The van der Waals surface area contributed by atoms with Gasteiger partial charge in [0.15, 0.2) is 6.10 Å². The Balaban J connectivity index is 1.55. The molecule has 148 valence electrons. The fourth-order valence-corrected chi connectivity index (χ4v) is 4.06. The molecular formula is C20H28N2O5. The highest BCUT2D eigenvalue weighted by molar-refractivity contribution is 5.89. The molecular weight excluding hydrogens is 348 g/mol. The maximum absolute atomic E-state index is 12.8. The maximum Gasteiger partial charge on any atom is 0.312 e. The third-order valence-electron chi connectivity index (χ3n) is 5.56. The summed E-state index contributed by atoms with van der Waals surface area (Å²) in [6.07, 6.45) is 3.87. The number of rotatable bonds is 5. The van der Waals surface area contributed by atoms with Gasteiger partial charge in [-0.1, -0.05) is 0 Å². The maximum atomic E-state index is 12.8. The van der Waals surface area contributed by atoms with Gasteiger partial charge in [0.25, 0.3) is 5.91 Å². The molecule has 2 aliphatic rings. The topological polar surface area (TPSA) is 80.1 Å². The van der Waals surface area contributed by atoms with E-state index in [1.165, 1.54) is 0 Å². The lowest BCUT2D eigenvalue weighted by atomic mass is 9.97. The van der Waals surface area contributed by atoms with Crippen molar-refractivity contribution in [1.82, 2.24) is 9.80 Å². The lowest BCUT2D eigenvalue weighted by Gasteiger charge is -2.40. The molecule has 0 N–H and O–H groups in total. The summed E-state index contributed by atoms with van der Waals surface area (Å²) in [5, 5.41) is 0. The predicted molar refractivity (Wildman–Crippen MR) is 97.4 cm³/mol. The van der Waals surface area contributed by atoms with E-state index >= 15 is 0 Å².